The van der Waals surface area contributed by atoms with E-state index in [1.54, 1.807) is 0 Å². The number of carbonyl (C=O) groups is 2. The van der Waals surface area contributed by atoms with Gasteiger partial charge >= 0.3 is 12.1 Å². The number of hydrogen-bond acceptors (Lipinski definition) is 4. The molecule has 2 aromatic rings. The first kappa shape index (κ1) is 17.5. The van der Waals surface area contributed by atoms with Crippen LogP contribution in [0.2, 0.25) is 0 Å². The van der Waals surface area contributed by atoms with Gasteiger partial charge in [-0.1, -0.05) is 42.5 Å². The highest BCUT2D eigenvalue weighted by Gasteiger charge is 2.41. The zero-order chi connectivity index (χ0) is 19.0. The molecule has 1 aliphatic heterocycles. The Morgan fingerprint density at radius 2 is 1.93 bits per heavy atom. The number of esters is 1. The van der Waals surface area contributed by atoms with Crippen LogP contribution in [0, 0.1) is 0 Å². The van der Waals surface area contributed by atoms with Crippen LogP contribution in [0.25, 0.3) is 11.1 Å². The fraction of sp³-hybridized carbons (Fsp3) is 0.333. The number of carbonyl (C=O) groups excluding carboxylic acids is 2. The Labute approximate surface area is 156 Å². The van der Waals surface area contributed by atoms with Crippen molar-refractivity contribution in [3.8, 4) is 11.1 Å². The average Bonchev–Trinajstić information content (AvgIpc) is 3.26. The van der Waals surface area contributed by atoms with Crippen molar-refractivity contribution in [3.63, 3.8) is 0 Å². The van der Waals surface area contributed by atoms with Crippen molar-refractivity contribution < 1.29 is 23.5 Å². The quantitative estimate of drug-likeness (QED) is 0.664. The number of fused-ring (bicyclic) bond motifs is 3. The maximum atomic E-state index is 13.7. The van der Waals surface area contributed by atoms with Crippen LogP contribution in [0.5, 0.6) is 0 Å². The molecule has 140 valence electrons. The summed E-state index contributed by atoms with van der Waals surface area (Å²) in [5.41, 5.74) is 5.66. The van der Waals surface area contributed by atoms with Crippen molar-refractivity contribution in [1.82, 2.24) is 4.90 Å². The number of amides is 1. The molecule has 5 nitrogen and oxygen atoms in total. The third kappa shape index (κ3) is 3.16. The number of likely N-dealkylation sites (tertiary alicyclic amines) is 1. The summed E-state index contributed by atoms with van der Waals surface area (Å²) in [7, 11) is 1.22. The van der Waals surface area contributed by atoms with Gasteiger partial charge in [0.25, 0.3) is 0 Å². The first-order valence-electron chi connectivity index (χ1n) is 8.93. The predicted molar refractivity (Wildman–Crippen MR) is 96.9 cm³/mol. The molecule has 4 rings (SSSR count). The van der Waals surface area contributed by atoms with Gasteiger partial charge in [-0.25, -0.2) is 14.0 Å². The zero-order valence-electron chi connectivity index (χ0n) is 15.0. The third-order valence-electron chi connectivity index (χ3n) is 5.26. The van der Waals surface area contributed by atoms with Crippen LogP contribution >= 0.6 is 0 Å². The largest absolute Gasteiger partial charge is 0.467 e. The van der Waals surface area contributed by atoms with Crippen LogP contribution in [0.15, 0.2) is 42.5 Å². The molecule has 0 bridgehead atoms. The van der Waals surface area contributed by atoms with E-state index in [1.165, 1.54) is 18.2 Å². The van der Waals surface area contributed by atoms with Crippen LogP contribution in [0.4, 0.5) is 9.18 Å². The maximum absolute atomic E-state index is 13.7. The minimum Gasteiger partial charge on any atom is -0.467 e. The van der Waals surface area contributed by atoms with Crippen LogP contribution in [-0.2, 0) is 27.3 Å². The van der Waals surface area contributed by atoms with Crippen LogP contribution in [0.3, 0.4) is 0 Å². The molecule has 1 fully saturated rings. The van der Waals surface area contributed by atoms with E-state index < -0.39 is 24.3 Å². The molecular formula is C21H20FNO4. The van der Waals surface area contributed by atoms with E-state index in [-0.39, 0.29) is 19.6 Å². The molecule has 1 aliphatic carbocycles. The number of rotatable bonds is 3. The maximum Gasteiger partial charge on any atom is 0.410 e. The lowest BCUT2D eigenvalue weighted by molar-refractivity contribution is -0.145. The van der Waals surface area contributed by atoms with Gasteiger partial charge in [0.15, 0.2) is 0 Å². The number of benzene rings is 2. The molecular weight excluding hydrogens is 349 g/mol. The number of alkyl halides is 1. The lowest BCUT2D eigenvalue weighted by Gasteiger charge is -2.22. The van der Waals surface area contributed by atoms with Gasteiger partial charge in [0, 0.05) is 6.42 Å². The smallest absolute Gasteiger partial charge is 0.410 e. The van der Waals surface area contributed by atoms with Gasteiger partial charge in [-0.3, -0.25) is 4.90 Å². The van der Waals surface area contributed by atoms with Crippen molar-refractivity contribution in [1.29, 1.82) is 0 Å². The van der Waals surface area contributed by atoms with Gasteiger partial charge in [0.05, 0.1) is 13.7 Å². The monoisotopic (exact) mass is 369 g/mol. The lowest BCUT2D eigenvalue weighted by Crippen LogP contribution is -2.41. The summed E-state index contributed by atoms with van der Waals surface area (Å²) in [6.07, 6.45) is -1.21. The van der Waals surface area contributed by atoms with Gasteiger partial charge in [-0.2, -0.15) is 0 Å². The second kappa shape index (κ2) is 7.02. The van der Waals surface area contributed by atoms with Gasteiger partial charge in [0.2, 0.25) is 0 Å². The molecule has 0 spiro atoms. The summed E-state index contributed by atoms with van der Waals surface area (Å²) in [4.78, 5) is 25.4. The predicted octanol–water partition coefficient (Wildman–Crippen LogP) is 3.48. The molecule has 6 heteroatoms. The fourth-order valence-electron chi connectivity index (χ4n) is 3.93. The first-order chi connectivity index (χ1) is 13.1. The first-order valence-corrected chi connectivity index (χ1v) is 8.93. The summed E-state index contributed by atoms with van der Waals surface area (Å²) in [6.45, 7) is -0.0751. The Kier molecular flexibility index (Phi) is 4.56. The van der Waals surface area contributed by atoms with Crippen molar-refractivity contribution in [2.45, 2.75) is 31.7 Å². The molecule has 0 radical (unpaired) electrons. The normalized spacial score (nSPS) is 20.1. The zero-order valence-corrected chi connectivity index (χ0v) is 15.0. The molecule has 2 aromatic carbocycles. The standard InChI is InChI=1S/C21H20FNO4/c1-26-20(24)19-10-15(22)11-23(19)21(25)27-12-14-6-4-8-17-16-7-3-2-5-13(16)9-18(14)17/h2-8,15,19H,9-12H2,1H3. The summed E-state index contributed by atoms with van der Waals surface area (Å²) < 4.78 is 23.8. The lowest BCUT2D eigenvalue weighted by atomic mass is 10.0. The molecule has 0 N–H and O–H groups in total. The van der Waals surface area contributed by atoms with E-state index in [2.05, 4.69) is 22.9 Å². The van der Waals surface area contributed by atoms with E-state index in [0.717, 1.165) is 28.0 Å². The SMILES string of the molecule is COC(=O)C1CC(F)CN1C(=O)OCc1cccc2c1Cc1ccccc1-2. The highest BCUT2D eigenvalue weighted by molar-refractivity contribution is 5.82. The van der Waals surface area contributed by atoms with Gasteiger partial charge in [-0.05, 0) is 34.2 Å². The minimum atomic E-state index is -1.25. The number of ether oxygens (including phenoxy) is 2. The van der Waals surface area contributed by atoms with Gasteiger partial charge in [-0.15, -0.1) is 0 Å². The Bertz CT molecular complexity index is 898. The van der Waals surface area contributed by atoms with Gasteiger partial charge < -0.3 is 9.47 Å². The Morgan fingerprint density at radius 1 is 1.15 bits per heavy atom. The topological polar surface area (TPSA) is 55.8 Å². The Hall–Kier alpha value is -2.89. The summed E-state index contributed by atoms with van der Waals surface area (Å²) >= 11 is 0. The van der Waals surface area contributed by atoms with Crippen molar-refractivity contribution in [3.05, 3.63) is 59.2 Å². The van der Waals surface area contributed by atoms with E-state index in [4.69, 9.17) is 4.74 Å². The van der Waals surface area contributed by atoms with Crippen molar-refractivity contribution in [2.75, 3.05) is 13.7 Å². The van der Waals surface area contributed by atoms with Crippen LogP contribution < -0.4 is 0 Å². The van der Waals surface area contributed by atoms with Crippen LogP contribution in [-0.4, -0.2) is 42.8 Å². The summed E-state index contributed by atoms with van der Waals surface area (Å²) in [5.74, 6) is -0.622. The molecule has 0 aromatic heterocycles. The molecule has 2 aliphatic rings. The van der Waals surface area contributed by atoms with Gasteiger partial charge in [0.1, 0.15) is 18.8 Å². The van der Waals surface area contributed by atoms with E-state index in [1.807, 2.05) is 24.3 Å². The Balaban J connectivity index is 1.49. The number of methoxy groups -OCH3 is 1. The second-order valence-corrected chi connectivity index (χ2v) is 6.86. The van der Waals surface area contributed by atoms with Crippen LogP contribution in [0.1, 0.15) is 23.1 Å². The molecule has 1 heterocycles. The van der Waals surface area contributed by atoms with Crippen molar-refractivity contribution in [2.24, 2.45) is 0 Å². The van der Waals surface area contributed by atoms with Crippen molar-refractivity contribution >= 4 is 12.1 Å². The Morgan fingerprint density at radius 3 is 2.74 bits per heavy atom. The molecule has 2 atom stereocenters. The highest BCUT2D eigenvalue weighted by atomic mass is 19.1. The second-order valence-electron chi connectivity index (χ2n) is 6.86. The number of halogens is 1. The molecule has 1 amide bonds. The average molecular weight is 369 g/mol. The fourth-order valence-corrected chi connectivity index (χ4v) is 3.93. The minimum absolute atomic E-state index is 0.0577. The number of nitrogens with zero attached hydrogens (tertiary/aromatic N) is 1. The number of hydrogen-bond donors (Lipinski definition) is 0. The molecule has 1 saturated heterocycles. The molecule has 2 unspecified atom stereocenters. The van der Waals surface area contributed by atoms with E-state index in [0.29, 0.717) is 0 Å². The summed E-state index contributed by atoms with van der Waals surface area (Å²) in [6, 6.07) is 13.2. The summed E-state index contributed by atoms with van der Waals surface area (Å²) in [5, 5.41) is 0. The molecule has 0 saturated carbocycles. The third-order valence-corrected chi connectivity index (χ3v) is 5.26. The van der Waals surface area contributed by atoms with E-state index >= 15 is 0 Å². The highest BCUT2D eigenvalue weighted by Crippen LogP contribution is 2.38. The molecule has 27 heavy (non-hydrogen) atoms. The van der Waals surface area contributed by atoms with E-state index in [9.17, 15) is 14.0 Å².